The van der Waals surface area contributed by atoms with Crippen LogP contribution in [-0.2, 0) is 27.3 Å². The van der Waals surface area contributed by atoms with Crippen molar-refractivity contribution in [2.24, 2.45) is 5.92 Å². The summed E-state index contributed by atoms with van der Waals surface area (Å²) in [6, 6.07) is 0. The van der Waals surface area contributed by atoms with E-state index in [1.54, 1.807) is 6.92 Å². The summed E-state index contributed by atoms with van der Waals surface area (Å²) in [5.74, 6) is 0.112. The summed E-state index contributed by atoms with van der Waals surface area (Å²) in [4.78, 5) is 38.3. The average Bonchev–Trinajstić information content (AvgIpc) is 2.96. The smallest absolute Gasteiger partial charge is 0.328 e. The highest BCUT2D eigenvalue weighted by Gasteiger charge is 2.22. The Bertz CT molecular complexity index is 685. The summed E-state index contributed by atoms with van der Waals surface area (Å²) in [6.07, 6.45) is 10.1. The summed E-state index contributed by atoms with van der Waals surface area (Å²) >= 11 is 0. The van der Waals surface area contributed by atoms with Crippen LogP contribution in [-0.4, -0.2) is 33.0 Å². The number of ketones is 1. The number of H-pyrrole nitrogens is 1. The Morgan fingerprint density at radius 1 is 1.11 bits per heavy atom. The number of imidazole rings is 1. The summed E-state index contributed by atoms with van der Waals surface area (Å²) in [6.45, 7) is 2.53. The monoisotopic (exact) mass is 394 g/mol. The van der Waals surface area contributed by atoms with E-state index in [1.165, 1.54) is 11.0 Å². The van der Waals surface area contributed by atoms with Crippen LogP contribution in [0.1, 0.15) is 83.2 Å². The summed E-state index contributed by atoms with van der Waals surface area (Å²) in [5, 5.41) is 10.0. The van der Waals surface area contributed by atoms with Crippen LogP contribution in [0.3, 0.4) is 0 Å². The Morgan fingerprint density at radius 3 is 2.54 bits per heavy atom. The van der Waals surface area contributed by atoms with Crippen LogP contribution in [0.25, 0.3) is 0 Å². The fourth-order valence-electron chi connectivity index (χ4n) is 3.98. The van der Waals surface area contributed by atoms with Crippen molar-refractivity contribution in [3.63, 3.8) is 0 Å². The molecule has 0 atom stereocenters. The van der Waals surface area contributed by atoms with Gasteiger partial charge in [-0.3, -0.25) is 19.1 Å². The molecule has 1 saturated carbocycles. The molecule has 1 aromatic heterocycles. The van der Waals surface area contributed by atoms with Crippen molar-refractivity contribution >= 4 is 11.8 Å². The Morgan fingerprint density at radius 2 is 1.82 bits per heavy atom. The third-order valence-corrected chi connectivity index (χ3v) is 5.56. The number of nitrogens with zero attached hydrogens (tertiary/aromatic N) is 1. The maximum absolute atomic E-state index is 12.4. The minimum absolute atomic E-state index is 0.0957. The molecule has 1 aromatic rings. The number of unbranched alkanes of at least 4 members (excludes halogenated alkanes) is 3. The van der Waals surface area contributed by atoms with Crippen LogP contribution in [0.5, 0.6) is 5.88 Å². The molecule has 1 aliphatic rings. The second-order valence-electron chi connectivity index (χ2n) is 7.65. The predicted molar refractivity (Wildman–Crippen MR) is 106 cm³/mol. The molecule has 1 heterocycles. The van der Waals surface area contributed by atoms with Crippen LogP contribution >= 0.6 is 0 Å². The van der Waals surface area contributed by atoms with E-state index >= 15 is 0 Å². The first-order valence-corrected chi connectivity index (χ1v) is 10.7. The fourth-order valence-corrected chi connectivity index (χ4v) is 3.98. The number of aromatic amines is 1. The number of hydrogen-bond donors (Lipinski definition) is 2. The van der Waals surface area contributed by atoms with Gasteiger partial charge in [-0.1, -0.05) is 32.1 Å². The third-order valence-electron chi connectivity index (χ3n) is 5.56. The van der Waals surface area contributed by atoms with Gasteiger partial charge in [0.2, 0.25) is 5.88 Å². The normalized spacial score (nSPS) is 14.9. The van der Waals surface area contributed by atoms with Gasteiger partial charge in [0, 0.05) is 25.3 Å². The first kappa shape index (κ1) is 22.2. The average molecular weight is 395 g/mol. The first-order valence-electron chi connectivity index (χ1n) is 10.7. The topological polar surface area (TPSA) is 101 Å². The molecule has 0 amide bonds. The van der Waals surface area contributed by atoms with Crippen molar-refractivity contribution < 1.29 is 19.4 Å². The number of esters is 1. The van der Waals surface area contributed by atoms with Gasteiger partial charge in [-0.25, -0.2) is 4.79 Å². The molecule has 1 aliphatic carbocycles. The van der Waals surface area contributed by atoms with Gasteiger partial charge in [-0.15, -0.1) is 0 Å². The Hall–Kier alpha value is -2.05. The van der Waals surface area contributed by atoms with Crippen molar-refractivity contribution in [1.82, 2.24) is 9.55 Å². The molecule has 0 bridgehead atoms. The number of rotatable bonds is 12. The fraction of sp³-hybridized carbons (Fsp3) is 0.762. The first-order chi connectivity index (χ1) is 13.5. The number of ether oxygens (including phenoxy) is 1. The zero-order valence-corrected chi connectivity index (χ0v) is 17.0. The van der Waals surface area contributed by atoms with Crippen LogP contribution in [0.4, 0.5) is 0 Å². The lowest BCUT2D eigenvalue weighted by Crippen LogP contribution is -2.24. The Balaban J connectivity index is 1.77. The minimum Gasteiger partial charge on any atom is -0.493 e. The molecule has 1 fully saturated rings. The molecule has 158 valence electrons. The lowest BCUT2D eigenvalue weighted by Gasteiger charge is -2.20. The summed E-state index contributed by atoms with van der Waals surface area (Å²) < 4.78 is 6.41. The molecule has 0 aromatic carbocycles. The largest absolute Gasteiger partial charge is 0.493 e. The van der Waals surface area contributed by atoms with E-state index in [0.717, 1.165) is 51.4 Å². The van der Waals surface area contributed by atoms with Gasteiger partial charge in [0.25, 0.3) is 0 Å². The van der Waals surface area contributed by atoms with Gasteiger partial charge in [-0.05, 0) is 39.0 Å². The van der Waals surface area contributed by atoms with Gasteiger partial charge < -0.3 is 9.84 Å². The maximum Gasteiger partial charge on any atom is 0.328 e. The molecule has 0 unspecified atom stereocenters. The standard InChI is InChI=1S/C21H34N2O5/c1-2-28-19(25)13-9-4-3-8-12-17-20(26)22-21(27)23(17)15-14-18(24)16-10-6-5-7-11-16/h16,26H,2-15H2,1H3,(H,22,27). The van der Waals surface area contributed by atoms with E-state index in [4.69, 9.17) is 4.74 Å². The van der Waals surface area contributed by atoms with Gasteiger partial charge in [0.15, 0.2) is 0 Å². The number of nitrogens with one attached hydrogen (secondary N) is 1. The molecule has 7 nitrogen and oxygen atoms in total. The SMILES string of the molecule is CCOC(=O)CCCCCCc1c(O)[nH]c(=O)n1CCC(=O)C1CCCCC1. The van der Waals surface area contributed by atoms with E-state index < -0.39 is 0 Å². The molecule has 7 heteroatoms. The van der Waals surface area contributed by atoms with Crippen LogP contribution < -0.4 is 5.69 Å². The van der Waals surface area contributed by atoms with E-state index in [-0.39, 0.29) is 29.2 Å². The number of aromatic nitrogens is 2. The molecule has 0 saturated heterocycles. The highest BCUT2D eigenvalue weighted by Crippen LogP contribution is 2.25. The lowest BCUT2D eigenvalue weighted by molar-refractivity contribution is -0.143. The van der Waals surface area contributed by atoms with E-state index in [9.17, 15) is 19.5 Å². The van der Waals surface area contributed by atoms with Crippen LogP contribution in [0, 0.1) is 5.92 Å². The van der Waals surface area contributed by atoms with E-state index in [0.29, 0.717) is 38.1 Å². The number of carbonyl (C=O) groups is 2. The van der Waals surface area contributed by atoms with Crippen molar-refractivity contribution in [3.05, 3.63) is 16.2 Å². The molecule has 0 radical (unpaired) electrons. The van der Waals surface area contributed by atoms with Gasteiger partial charge in [0.05, 0.1) is 12.3 Å². The lowest BCUT2D eigenvalue weighted by atomic mass is 9.85. The second-order valence-corrected chi connectivity index (χ2v) is 7.65. The number of hydrogen-bond acceptors (Lipinski definition) is 5. The van der Waals surface area contributed by atoms with Gasteiger partial charge >= 0.3 is 11.7 Å². The summed E-state index contributed by atoms with van der Waals surface area (Å²) in [5.41, 5.74) is 0.220. The molecule has 0 aliphatic heterocycles. The van der Waals surface area contributed by atoms with Crippen molar-refractivity contribution in [3.8, 4) is 5.88 Å². The summed E-state index contributed by atoms with van der Waals surface area (Å²) in [7, 11) is 0. The van der Waals surface area contributed by atoms with Crippen molar-refractivity contribution in [2.75, 3.05) is 6.61 Å². The minimum atomic E-state index is -0.355. The Kier molecular flexibility index (Phi) is 9.31. The number of aromatic hydroxyl groups is 1. The highest BCUT2D eigenvalue weighted by atomic mass is 16.5. The van der Waals surface area contributed by atoms with Crippen molar-refractivity contribution in [1.29, 1.82) is 0 Å². The number of carbonyl (C=O) groups excluding carboxylic acids is 2. The number of Topliss-reactive ketones (excluding diaryl/α,β-unsaturated/α-hetero) is 1. The highest BCUT2D eigenvalue weighted by molar-refractivity contribution is 5.81. The molecular formula is C21H34N2O5. The predicted octanol–water partition coefficient (Wildman–Crippen LogP) is 3.48. The molecule has 2 rings (SSSR count). The zero-order chi connectivity index (χ0) is 20.4. The van der Waals surface area contributed by atoms with Crippen LogP contribution in [0.15, 0.2) is 4.79 Å². The molecule has 2 N–H and O–H groups in total. The third kappa shape index (κ3) is 6.84. The van der Waals surface area contributed by atoms with E-state index in [1.807, 2.05) is 0 Å². The quantitative estimate of drug-likeness (QED) is 0.417. The van der Waals surface area contributed by atoms with Crippen molar-refractivity contribution in [2.45, 2.75) is 90.5 Å². The molecular weight excluding hydrogens is 360 g/mol. The second kappa shape index (κ2) is 11.7. The van der Waals surface area contributed by atoms with E-state index in [2.05, 4.69) is 4.98 Å². The Labute approximate surface area is 166 Å². The molecule has 0 spiro atoms. The zero-order valence-electron chi connectivity index (χ0n) is 17.0. The maximum atomic E-state index is 12.4. The van der Waals surface area contributed by atoms with Gasteiger partial charge in [-0.2, -0.15) is 0 Å². The molecule has 28 heavy (non-hydrogen) atoms. The van der Waals surface area contributed by atoms with Gasteiger partial charge in [0.1, 0.15) is 5.78 Å². The van der Waals surface area contributed by atoms with Crippen LogP contribution in [0.2, 0.25) is 0 Å².